The molecule has 1 saturated carbocycles. The van der Waals surface area contributed by atoms with Crippen molar-refractivity contribution in [3.05, 3.63) is 42.7 Å². The average Bonchev–Trinajstić information content (AvgIpc) is 3.87. The summed E-state index contributed by atoms with van der Waals surface area (Å²) < 4.78 is 0. The van der Waals surface area contributed by atoms with E-state index < -0.39 is 17.9 Å². The van der Waals surface area contributed by atoms with E-state index >= 15 is 0 Å². The number of carbonyl (C=O) groups excluding carboxylic acids is 4. The fraction of sp³-hybridized carbons (Fsp3) is 0.519. The monoisotopic (exact) mass is 611 g/mol. The number of hydrogen-bond donors (Lipinski definition) is 5. The zero-order chi connectivity index (χ0) is 30.6. The summed E-state index contributed by atoms with van der Waals surface area (Å²) in [7, 11) is 0. The Hall–Kier alpha value is -4.34. The molecule has 2 atom stereocenters. The van der Waals surface area contributed by atoms with Gasteiger partial charge in [0.2, 0.25) is 17.7 Å². The fourth-order valence-corrected chi connectivity index (χ4v) is 5.36. The molecule has 2 aromatic heterocycles. The molecule has 0 unspecified atom stereocenters. The molecule has 0 bridgehead atoms. The van der Waals surface area contributed by atoms with Gasteiger partial charge in [-0.2, -0.15) is 0 Å². The molecule has 4 amide bonds. The quantitative estimate of drug-likeness (QED) is 0.0786. The molecule has 0 radical (unpaired) electrons. The van der Waals surface area contributed by atoms with Gasteiger partial charge in [-0.25, -0.2) is 15.0 Å². The van der Waals surface area contributed by atoms with E-state index in [0.29, 0.717) is 24.8 Å². The number of nitrogens with zero attached hydrogens (tertiary/aromatic N) is 6. The third-order valence-electron chi connectivity index (χ3n) is 7.05. The van der Waals surface area contributed by atoms with Crippen LogP contribution in [0.5, 0.6) is 0 Å². The molecule has 230 valence electrons. The van der Waals surface area contributed by atoms with Crippen molar-refractivity contribution in [3.8, 4) is 0 Å². The minimum Gasteiger partial charge on any atom is -0.370 e. The standard InChI is InChI=1S/C27H37N11O4S/c28-26(29)37-11-1-3-18(16-37)14-35-22(39)13-20(36-23(40)17-43-27-33-6-2-7-34-27)25(42)38(19-4-5-19)12-10-32-24(41)21-15-30-8-9-31-21/h2,6-9,15,18-20H,1,3-5,10-14,16-17H2,(H3,28,29)(H,32,41)(H,35,39)(H,36,40)/t18-,20-/m0/s1. The van der Waals surface area contributed by atoms with E-state index in [1.165, 1.54) is 18.6 Å². The highest BCUT2D eigenvalue weighted by Gasteiger charge is 2.37. The summed E-state index contributed by atoms with van der Waals surface area (Å²) in [6, 6.07) is 0.543. The molecule has 2 fully saturated rings. The molecule has 16 heteroatoms. The Morgan fingerprint density at radius 1 is 1.07 bits per heavy atom. The maximum absolute atomic E-state index is 13.8. The first kappa shape index (κ1) is 31.6. The molecule has 1 aliphatic heterocycles. The van der Waals surface area contributed by atoms with Crippen LogP contribution in [0.2, 0.25) is 0 Å². The minimum atomic E-state index is -1.10. The highest BCUT2D eigenvalue weighted by atomic mass is 32.2. The summed E-state index contributed by atoms with van der Waals surface area (Å²) in [5, 5.41) is 16.5. The summed E-state index contributed by atoms with van der Waals surface area (Å²) in [6.07, 6.45) is 10.5. The van der Waals surface area contributed by atoms with Crippen LogP contribution in [0.25, 0.3) is 0 Å². The van der Waals surface area contributed by atoms with Gasteiger partial charge in [0, 0.05) is 63.6 Å². The van der Waals surface area contributed by atoms with Crippen LogP contribution in [0.15, 0.2) is 42.2 Å². The number of likely N-dealkylation sites (tertiary alicyclic amines) is 1. The van der Waals surface area contributed by atoms with Crippen LogP contribution in [0.3, 0.4) is 0 Å². The fourth-order valence-electron chi connectivity index (χ4n) is 4.75. The molecule has 1 saturated heterocycles. The first-order valence-corrected chi connectivity index (χ1v) is 15.2. The van der Waals surface area contributed by atoms with Gasteiger partial charge < -0.3 is 31.5 Å². The molecule has 4 rings (SSSR count). The molecule has 2 aromatic rings. The third kappa shape index (κ3) is 10.2. The Morgan fingerprint density at radius 2 is 1.86 bits per heavy atom. The van der Waals surface area contributed by atoms with Gasteiger partial charge >= 0.3 is 0 Å². The Bertz CT molecular complexity index is 1270. The van der Waals surface area contributed by atoms with Crippen LogP contribution < -0.4 is 21.7 Å². The number of nitrogens with one attached hydrogen (secondary N) is 4. The van der Waals surface area contributed by atoms with Gasteiger partial charge in [-0.1, -0.05) is 11.8 Å². The van der Waals surface area contributed by atoms with Crippen molar-refractivity contribution in [1.82, 2.24) is 45.7 Å². The van der Waals surface area contributed by atoms with E-state index in [1.807, 2.05) is 0 Å². The largest absolute Gasteiger partial charge is 0.370 e. The second kappa shape index (κ2) is 15.8. The number of nitrogens with two attached hydrogens (primary N) is 1. The van der Waals surface area contributed by atoms with Crippen LogP contribution in [-0.4, -0.2) is 110 Å². The van der Waals surface area contributed by atoms with E-state index in [-0.39, 0.29) is 60.7 Å². The van der Waals surface area contributed by atoms with Crippen LogP contribution in [0.4, 0.5) is 0 Å². The summed E-state index contributed by atoms with van der Waals surface area (Å²) in [5.74, 6) is -1.50. The topological polar surface area (TPSA) is 212 Å². The molecular weight excluding hydrogens is 574 g/mol. The maximum atomic E-state index is 13.8. The van der Waals surface area contributed by atoms with Crippen molar-refractivity contribution in [2.75, 3.05) is 38.5 Å². The predicted molar refractivity (Wildman–Crippen MR) is 158 cm³/mol. The Kier molecular flexibility index (Phi) is 11.6. The van der Waals surface area contributed by atoms with Crippen molar-refractivity contribution in [2.45, 2.75) is 49.3 Å². The minimum absolute atomic E-state index is 0.0104. The number of guanidine groups is 1. The number of hydrogen-bond acceptors (Lipinski definition) is 10. The first-order valence-electron chi connectivity index (χ1n) is 14.2. The zero-order valence-corrected chi connectivity index (χ0v) is 24.6. The molecular formula is C27H37N11O4S. The normalized spacial score (nSPS) is 16.9. The van der Waals surface area contributed by atoms with Crippen LogP contribution in [-0.2, 0) is 14.4 Å². The Balaban J connectivity index is 1.36. The van der Waals surface area contributed by atoms with E-state index in [2.05, 4.69) is 35.9 Å². The predicted octanol–water partition coefficient (Wildman–Crippen LogP) is -0.624. The van der Waals surface area contributed by atoms with E-state index in [4.69, 9.17) is 11.1 Å². The van der Waals surface area contributed by atoms with Gasteiger partial charge in [-0.3, -0.25) is 29.6 Å². The van der Waals surface area contributed by atoms with Gasteiger partial charge in [0.15, 0.2) is 11.1 Å². The Labute approximate surface area is 253 Å². The van der Waals surface area contributed by atoms with Gasteiger partial charge in [0.05, 0.1) is 18.4 Å². The molecule has 0 spiro atoms. The van der Waals surface area contributed by atoms with Crippen molar-refractivity contribution in [3.63, 3.8) is 0 Å². The lowest BCUT2D eigenvalue weighted by Crippen LogP contribution is -2.53. The highest BCUT2D eigenvalue weighted by molar-refractivity contribution is 7.99. The Morgan fingerprint density at radius 3 is 2.56 bits per heavy atom. The molecule has 1 aliphatic carbocycles. The molecule has 43 heavy (non-hydrogen) atoms. The molecule has 15 nitrogen and oxygen atoms in total. The number of thioether (sulfide) groups is 1. The van der Waals surface area contributed by atoms with Gasteiger partial charge in [0.25, 0.3) is 5.91 Å². The maximum Gasteiger partial charge on any atom is 0.271 e. The number of aromatic nitrogens is 4. The average molecular weight is 612 g/mol. The van der Waals surface area contributed by atoms with Gasteiger partial charge in [-0.15, -0.1) is 0 Å². The zero-order valence-electron chi connectivity index (χ0n) is 23.8. The summed E-state index contributed by atoms with van der Waals surface area (Å²) in [5.41, 5.74) is 5.80. The summed E-state index contributed by atoms with van der Waals surface area (Å²) in [4.78, 5) is 71.5. The highest BCUT2D eigenvalue weighted by Crippen LogP contribution is 2.27. The lowest BCUT2D eigenvalue weighted by molar-refractivity contribution is -0.138. The van der Waals surface area contributed by atoms with E-state index in [9.17, 15) is 19.2 Å². The summed E-state index contributed by atoms with van der Waals surface area (Å²) in [6.45, 7) is 2.03. The lowest BCUT2D eigenvalue weighted by atomic mass is 9.98. The SMILES string of the molecule is N=C(N)N1CCC[C@@H](CNC(=O)C[C@H](NC(=O)CSc2ncccn2)C(=O)N(CCNC(=O)c2cnccn2)C2CC2)C1. The number of amides is 4. The van der Waals surface area contributed by atoms with Crippen molar-refractivity contribution in [1.29, 1.82) is 5.41 Å². The van der Waals surface area contributed by atoms with Crippen LogP contribution in [0, 0.1) is 11.3 Å². The molecule has 2 aliphatic rings. The second-order valence-electron chi connectivity index (χ2n) is 10.4. The van der Waals surface area contributed by atoms with Crippen LogP contribution in [0.1, 0.15) is 42.6 Å². The third-order valence-corrected chi connectivity index (χ3v) is 7.93. The molecule has 6 N–H and O–H groups in total. The van der Waals surface area contributed by atoms with Gasteiger partial charge in [0.1, 0.15) is 11.7 Å². The summed E-state index contributed by atoms with van der Waals surface area (Å²) >= 11 is 1.12. The smallest absolute Gasteiger partial charge is 0.271 e. The second-order valence-corrected chi connectivity index (χ2v) is 11.3. The van der Waals surface area contributed by atoms with Crippen LogP contribution >= 0.6 is 11.8 Å². The van der Waals surface area contributed by atoms with E-state index in [1.54, 1.807) is 28.3 Å². The lowest BCUT2D eigenvalue weighted by Gasteiger charge is -2.33. The van der Waals surface area contributed by atoms with Crippen molar-refractivity contribution in [2.24, 2.45) is 11.7 Å². The number of piperidine rings is 1. The van der Waals surface area contributed by atoms with E-state index in [0.717, 1.165) is 37.4 Å². The molecule has 0 aromatic carbocycles. The van der Waals surface area contributed by atoms with Crippen molar-refractivity contribution >= 4 is 41.4 Å². The molecule has 3 heterocycles. The van der Waals surface area contributed by atoms with Crippen molar-refractivity contribution < 1.29 is 19.2 Å². The first-order chi connectivity index (χ1) is 20.8. The number of carbonyl (C=O) groups is 4. The van der Waals surface area contributed by atoms with Gasteiger partial charge in [-0.05, 0) is 37.7 Å². The number of rotatable bonds is 14.